The van der Waals surface area contributed by atoms with E-state index >= 15 is 0 Å². The molecule has 1 aliphatic heterocycles. The van der Waals surface area contributed by atoms with E-state index in [9.17, 15) is 18.0 Å². The van der Waals surface area contributed by atoms with Crippen LogP contribution in [0.1, 0.15) is 23.2 Å². The Morgan fingerprint density at radius 1 is 1.15 bits per heavy atom. The van der Waals surface area contributed by atoms with Crippen molar-refractivity contribution in [1.82, 2.24) is 0 Å². The van der Waals surface area contributed by atoms with E-state index < -0.39 is 15.7 Å². The van der Waals surface area contributed by atoms with E-state index in [0.29, 0.717) is 18.7 Å². The Kier molecular flexibility index (Phi) is 5.02. The molecule has 2 aromatic rings. The normalized spacial score (nSPS) is 14.5. The van der Waals surface area contributed by atoms with Crippen LogP contribution < -0.4 is 10.2 Å². The maximum Gasteiger partial charge on any atom is 0.257 e. The van der Waals surface area contributed by atoms with Gasteiger partial charge in [0.25, 0.3) is 5.91 Å². The maximum absolute atomic E-state index is 12.5. The summed E-state index contributed by atoms with van der Waals surface area (Å²) < 4.78 is 23.3. The summed E-state index contributed by atoms with van der Waals surface area (Å²) in [7, 11) is -3.44. The molecule has 3 rings (SSSR count). The van der Waals surface area contributed by atoms with Gasteiger partial charge in [0.2, 0.25) is 5.91 Å². The van der Waals surface area contributed by atoms with Crippen LogP contribution in [0.3, 0.4) is 0 Å². The minimum atomic E-state index is -3.44. The third-order valence-corrected chi connectivity index (χ3v) is 5.56. The summed E-state index contributed by atoms with van der Waals surface area (Å²) in [5.74, 6) is -0.420. The molecule has 0 radical (unpaired) electrons. The van der Waals surface area contributed by atoms with Gasteiger partial charge in [0.15, 0.2) is 9.84 Å². The Balaban J connectivity index is 1.79. The van der Waals surface area contributed by atoms with E-state index in [1.54, 1.807) is 29.2 Å². The molecule has 26 heavy (non-hydrogen) atoms. The van der Waals surface area contributed by atoms with Crippen LogP contribution in [0.25, 0.3) is 0 Å². The second-order valence-electron chi connectivity index (χ2n) is 6.06. The van der Waals surface area contributed by atoms with E-state index in [1.165, 1.54) is 18.2 Å². The molecule has 0 unspecified atom stereocenters. The molecule has 2 aromatic carbocycles. The van der Waals surface area contributed by atoms with Crippen LogP contribution in [0.15, 0.2) is 47.4 Å². The van der Waals surface area contributed by atoms with Crippen molar-refractivity contribution >= 4 is 44.6 Å². The number of hydrogen-bond donors (Lipinski definition) is 1. The highest BCUT2D eigenvalue weighted by molar-refractivity contribution is 7.90. The van der Waals surface area contributed by atoms with Crippen LogP contribution in [-0.4, -0.2) is 33.0 Å². The Morgan fingerprint density at radius 3 is 2.42 bits per heavy atom. The zero-order valence-electron chi connectivity index (χ0n) is 14.0. The average molecular weight is 393 g/mol. The van der Waals surface area contributed by atoms with Gasteiger partial charge in [0.05, 0.1) is 15.5 Å². The van der Waals surface area contributed by atoms with Crippen molar-refractivity contribution in [2.45, 2.75) is 17.7 Å². The summed E-state index contributed by atoms with van der Waals surface area (Å²) in [4.78, 5) is 25.9. The third kappa shape index (κ3) is 3.89. The summed E-state index contributed by atoms with van der Waals surface area (Å²) in [6.45, 7) is 0.693. The fraction of sp³-hybridized carbons (Fsp3) is 0.222. The number of hydrogen-bond acceptors (Lipinski definition) is 4. The van der Waals surface area contributed by atoms with Crippen LogP contribution in [0.5, 0.6) is 0 Å². The summed E-state index contributed by atoms with van der Waals surface area (Å²) in [5.41, 5.74) is 1.38. The van der Waals surface area contributed by atoms with Gasteiger partial charge in [-0.3, -0.25) is 9.59 Å². The van der Waals surface area contributed by atoms with Gasteiger partial charge in [-0.25, -0.2) is 8.42 Å². The summed E-state index contributed by atoms with van der Waals surface area (Å²) in [5, 5.41) is 2.85. The van der Waals surface area contributed by atoms with Gasteiger partial charge < -0.3 is 10.2 Å². The quantitative estimate of drug-likeness (QED) is 0.866. The van der Waals surface area contributed by atoms with Crippen LogP contribution in [0.2, 0.25) is 5.02 Å². The SMILES string of the molecule is CS(=O)(=O)c1ccc(Cl)c(C(=O)Nc2ccc(N3CCCC3=O)cc2)c1. The molecule has 0 saturated carbocycles. The fourth-order valence-electron chi connectivity index (χ4n) is 2.75. The van der Waals surface area contributed by atoms with Crippen LogP contribution in [0.4, 0.5) is 11.4 Å². The molecule has 0 atom stereocenters. The largest absolute Gasteiger partial charge is 0.322 e. The van der Waals surface area contributed by atoms with Gasteiger partial charge in [0, 0.05) is 30.6 Å². The molecule has 2 amide bonds. The molecule has 1 aliphatic rings. The fourth-order valence-corrected chi connectivity index (χ4v) is 3.60. The first-order valence-corrected chi connectivity index (χ1v) is 10.2. The smallest absolute Gasteiger partial charge is 0.257 e. The predicted molar refractivity (Wildman–Crippen MR) is 101 cm³/mol. The number of benzene rings is 2. The summed E-state index contributed by atoms with van der Waals surface area (Å²) in [6, 6.07) is 10.9. The van der Waals surface area contributed by atoms with Crippen LogP contribution >= 0.6 is 11.6 Å². The molecular weight excluding hydrogens is 376 g/mol. The minimum absolute atomic E-state index is 0.0231. The average Bonchev–Trinajstić information content (AvgIpc) is 3.01. The summed E-state index contributed by atoms with van der Waals surface area (Å²) in [6.07, 6.45) is 2.45. The van der Waals surface area contributed by atoms with Gasteiger partial charge in [-0.05, 0) is 48.9 Å². The molecule has 1 heterocycles. The highest BCUT2D eigenvalue weighted by Gasteiger charge is 2.21. The number of halogens is 1. The zero-order chi connectivity index (χ0) is 18.9. The molecular formula is C18H17ClN2O4S. The first-order valence-electron chi connectivity index (χ1n) is 7.97. The first-order chi connectivity index (χ1) is 12.3. The van der Waals surface area contributed by atoms with Crippen molar-refractivity contribution < 1.29 is 18.0 Å². The summed E-state index contributed by atoms with van der Waals surface area (Å²) >= 11 is 6.03. The number of sulfone groups is 1. The lowest BCUT2D eigenvalue weighted by Gasteiger charge is -2.16. The molecule has 1 N–H and O–H groups in total. The van der Waals surface area contributed by atoms with Crippen molar-refractivity contribution in [3.8, 4) is 0 Å². The lowest BCUT2D eigenvalue weighted by Crippen LogP contribution is -2.23. The number of carbonyl (C=O) groups excluding carboxylic acids is 2. The lowest BCUT2D eigenvalue weighted by molar-refractivity contribution is -0.117. The molecule has 136 valence electrons. The van der Waals surface area contributed by atoms with Gasteiger partial charge >= 0.3 is 0 Å². The van der Waals surface area contributed by atoms with E-state index in [-0.39, 0.29) is 21.4 Å². The number of rotatable bonds is 4. The van der Waals surface area contributed by atoms with Gasteiger partial charge in [-0.15, -0.1) is 0 Å². The van der Waals surface area contributed by atoms with Crippen LogP contribution in [0, 0.1) is 0 Å². The highest BCUT2D eigenvalue weighted by atomic mass is 35.5. The lowest BCUT2D eigenvalue weighted by atomic mass is 10.2. The molecule has 0 bridgehead atoms. The number of nitrogens with zero attached hydrogens (tertiary/aromatic N) is 1. The Morgan fingerprint density at radius 2 is 1.85 bits per heavy atom. The molecule has 1 saturated heterocycles. The second-order valence-corrected chi connectivity index (χ2v) is 8.49. The van der Waals surface area contributed by atoms with Gasteiger partial charge in [0.1, 0.15) is 0 Å². The van der Waals surface area contributed by atoms with E-state index in [4.69, 9.17) is 11.6 Å². The molecule has 1 fully saturated rings. The Labute approximate surface area is 156 Å². The highest BCUT2D eigenvalue weighted by Crippen LogP contribution is 2.25. The van der Waals surface area contributed by atoms with E-state index in [2.05, 4.69) is 5.32 Å². The Hall–Kier alpha value is -2.38. The van der Waals surface area contributed by atoms with Gasteiger partial charge in [-0.2, -0.15) is 0 Å². The first kappa shape index (κ1) is 18.4. The van der Waals surface area contributed by atoms with Crippen molar-refractivity contribution in [1.29, 1.82) is 0 Å². The monoisotopic (exact) mass is 392 g/mol. The van der Waals surface area contributed by atoms with Crippen molar-refractivity contribution in [3.63, 3.8) is 0 Å². The standard InChI is InChI=1S/C18H17ClN2O4S/c1-26(24,25)14-8-9-16(19)15(11-14)18(23)20-12-4-6-13(7-5-12)21-10-2-3-17(21)22/h4-9,11H,2-3,10H2,1H3,(H,20,23). The molecule has 0 spiro atoms. The number of nitrogens with one attached hydrogen (secondary N) is 1. The number of amides is 2. The molecule has 6 nitrogen and oxygen atoms in total. The maximum atomic E-state index is 12.5. The minimum Gasteiger partial charge on any atom is -0.322 e. The van der Waals surface area contributed by atoms with E-state index in [0.717, 1.165) is 18.4 Å². The Bertz CT molecular complexity index is 971. The van der Waals surface area contributed by atoms with Crippen molar-refractivity contribution in [2.75, 3.05) is 23.0 Å². The molecule has 0 aromatic heterocycles. The molecule has 8 heteroatoms. The topological polar surface area (TPSA) is 83.6 Å². The van der Waals surface area contributed by atoms with Crippen LogP contribution in [-0.2, 0) is 14.6 Å². The molecule has 0 aliphatic carbocycles. The number of anilines is 2. The van der Waals surface area contributed by atoms with E-state index in [1.807, 2.05) is 0 Å². The predicted octanol–water partition coefficient (Wildman–Crippen LogP) is 3.12. The number of carbonyl (C=O) groups is 2. The second kappa shape index (κ2) is 7.09. The van der Waals surface area contributed by atoms with Crippen molar-refractivity contribution in [2.24, 2.45) is 0 Å². The van der Waals surface area contributed by atoms with Crippen molar-refractivity contribution in [3.05, 3.63) is 53.1 Å². The third-order valence-electron chi connectivity index (χ3n) is 4.12. The van der Waals surface area contributed by atoms with Gasteiger partial charge in [-0.1, -0.05) is 11.6 Å². The zero-order valence-corrected chi connectivity index (χ0v) is 15.6.